The van der Waals surface area contributed by atoms with Crippen LogP contribution in [0.15, 0.2) is 49.1 Å². The summed E-state index contributed by atoms with van der Waals surface area (Å²) < 4.78 is 16.1. The van der Waals surface area contributed by atoms with Gasteiger partial charge in [-0.25, -0.2) is 9.37 Å². The van der Waals surface area contributed by atoms with Gasteiger partial charge in [0.25, 0.3) is 0 Å². The summed E-state index contributed by atoms with van der Waals surface area (Å²) in [5.41, 5.74) is 9.27. The van der Waals surface area contributed by atoms with Crippen LogP contribution in [0.4, 0.5) is 10.2 Å². The molecule has 6 nitrogen and oxygen atoms in total. The molecule has 0 amide bonds. The molecule has 1 aromatic carbocycles. The van der Waals surface area contributed by atoms with Crippen molar-refractivity contribution in [2.24, 2.45) is 0 Å². The summed E-state index contributed by atoms with van der Waals surface area (Å²) in [5, 5.41) is 9.35. The SMILES string of the molecule is Cl.Cl.Cl.Nc1ncc(-c2cnn(C3CCNCC3)c2)cc1-c1cc2c(Cl)ccc(F)c2cn1. The highest BCUT2D eigenvalue weighted by Gasteiger charge is 2.17. The van der Waals surface area contributed by atoms with E-state index in [-0.39, 0.29) is 43.0 Å². The Morgan fingerprint density at radius 1 is 0.970 bits per heavy atom. The van der Waals surface area contributed by atoms with E-state index in [2.05, 4.69) is 20.4 Å². The number of aromatic nitrogens is 4. The lowest BCUT2D eigenvalue weighted by Gasteiger charge is -2.22. The lowest BCUT2D eigenvalue weighted by atomic mass is 10.0. The lowest BCUT2D eigenvalue weighted by Crippen LogP contribution is -2.29. The van der Waals surface area contributed by atoms with E-state index in [9.17, 15) is 4.39 Å². The maximum absolute atomic E-state index is 14.1. The maximum atomic E-state index is 14.1. The van der Waals surface area contributed by atoms with Crippen LogP contribution in [0.2, 0.25) is 5.02 Å². The predicted molar refractivity (Wildman–Crippen MR) is 138 cm³/mol. The second-order valence-corrected chi connectivity index (χ2v) is 7.90. The van der Waals surface area contributed by atoms with Crippen molar-refractivity contribution in [2.75, 3.05) is 18.8 Å². The van der Waals surface area contributed by atoms with Gasteiger partial charge < -0.3 is 11.1 Å². The van der Waals surface area contributed by atoms with Gasteiger partial charge in [-0.2, -0.15) is 5.10 Å². The third-order valence-electron chi connectivity index (χ3n) is 5.61. The number of benzene rings is 1. The zero-order valence-corrected chi connectivity index (χ0v) is 20.6. The highest BCUT2D eigenvalue weighted by atomic mass is 35.5. The number of nitrogens with zero attached hydrogens (tertiary/aromatic N) is 4. The van der Waals surface area contributed by atoms with E-state index in [1.807, 2.05) is 23.1 Å². The van der Waals surface area contributed by atoms with Gasteiger partial charge in [0, 0.05) is 51.1 Å². The highest BCUT2D eigenvalue weighted by molar-refractivity contribution is 6.35. The van der Waals surface area contributed by atoms with Crippen molar-refractivity contribution in [3.8, 4) is 22.4 Å². The summed E-state index contributed by atoms with van der Waals surface area (Å²) in [7, 11) is 0. The molecule has 0 atom stereocenters. The number of anilines is 1. The van der Waals surface area contributed by atoms with Crippen LogP contribution in [-0.2, 0) is 0 Å². The first-order valence-corrected chi connectivity index (χ1v) is 10.2. The molecule has 0 saturated carbocycles. The summed E-state index contributed by atoms with van der Waals surface area (Å²) in [4.78, 5) is 8.76. The van der Waals surface area contributed by atoms with Crippen molar-refractivity contribution in [1.82, 2.24) is 25.1 Å². The Labute approximate surface area is 214 Å². The van der Waals surface area contributed by atoms with E-state index in [0.717, 1.165) is 37.1 Å². The van der Waals surface area contributed by atoms with Crippen LogP contribution < -0.4 is 11.1 Å². The van der Waals surface area contributed by atoms with Crippen molar-refractivity contribution < 1.29 is 4.39 Å². The first-order valence-electron chi connectivity index (χ1n) is 9.85. The number of piperidine rings is 1. The van der Waals surface area contributed by atoms with Crippen molar-refractivity contribution in [3.63, 3.8) is 0 Å². The largest absolute Gasteiger partial charge is 0.383 e. The average molecular weight is 532 g/mol. The fraction of sp³-hybridized carbons (Fsp3) is 0.227. The molecule has 0 aliphatic carbocycles. The van der Waals surface area contributed by atoms with E-state index in [0.29, 0.717) is 38.9 Å². The topological polar surface area (TPSA) is 81.6 Å². The third kappa shape index (κ3) is 5.34. The van der Waals surface area contributed by atoms with Crippen molar-refractivity contribution >= 4 is 65.4 Å². The molecule has 0 radical (unpaired) electrons. The van der Waals surface area contributed by atoms with Crippen LogP contribution in [0, 0.1) is 5.82 Å². The molecule has 0 unspecified atom stereocenters. The van der Waals surface area contributed by atoms with Crippen LogP contribution in [0.25, 0.3) is 33.2 Å². The number of fused-ring (bicyclic) bond motifs is 1. The fourth-order valence-corrected chi connectivity index (χ4v) is 4.13. The molecule has 1 saturated heterocycles. The van der Waals surface area contributed by atoms with Crippen LogP contribution in [0.1, 0.15) is 18.9 Å². The highest BCUT2D eigenvalue weighted by Crippen LogP contribution is 2.33. The van der Waals surface area contributed by atoms with E-state index >= 15 is 0 Å². The third-order valence-corrected chi connectivity index (χ3v) is 5.94. The molecule has 4 aromatic rings. The Kier molecular flexibility index (Phi) is 9.29. The molecule has 11 heteroatoms. The minimum absolute atomic E-state index is 0. The second-order valence-electron chi connectivity index (χ2n) is 7.49. The number of rotatable bonds is 3. The molecular weight excluding hydrogens is 509 g/mol. The normalized spacial score (nSPS) is 13.6. The number of nitrogens with two attached hydrogens (primary N) is 1. The van der Waals surface area contributed by atoms with E-state index in [1.54, 1.807) is 12.3 Å². The smallest absolute Gasteiger partial charge is 0.132 e. The fourth-order valence-electron chi connectivity index (χ4n) is 3.91. The quantitative estimate of drug-likeness (QED) is 0.353. The van der Waals surface area contributed by atoms with Gasteiger partial charge in [-0.05, 0) is 50.2 Å². The molecule has 33 heavy (non-hydrogen) atoms. The molecule has 0 spiro atoms. The summed E-state index contributed by atoms with van der Waals surface area (Å²) >= 11 is 6.28. The van der Waals surface area contributed by atoms with Gasteiger partial charge in [0.1, 0.15) is 11.6 Å². The summed E-state index contributed by atoms with van der Waals surface area (Å²) in [6.45, 7) is 2.01. The number of nitrogens with one attached hydrogen (secondary N) is 1. The first kappa shape index (κ1) is 27.1. The number of halogens is 5. The molecule has 1 aliphatic rings. The molecular formula is C22H23Cl4FN6. The summed E-state index contributed by atoms with van der Waals surface area (Å²) in [6.07, 6.45) is 9.23. The number of nitrogen functional groups attached to an aromatic ring is 1. The molecule has 5 rings (SSSR count). The Balaban J connectivity index is 0.00000128. The van der Waals surface area contributed by atoms with Crippen molar-refractivity contribution in [3.05, 3.63) is 59.9 Å². The zero-order chi connectivity index (χ0) is 20.7. The average Bonchev–Trinajstić information content (AvgIpc) is 3.27. The first-order chi connectivity index (χ1) is 14.6. The zero-order valence-electron chi connectivity index (χ0n) is 17.4. The molecule has 176 valence electrons. The van der Waals surface area contributed by atoms with E-state index in [1.165, 1.54) is 18.3 Å². The molecule has 1 fully saturated rings. The van der Waals surface area contributed by atoms with Crippen LogP contribution in [0.3, 0.4) is 0 Å². The number of pyridine rings is 2. The van der Waals surface area contributed by atoms with Crippen molar-refractivity contribution in [2.45, 2.75) is 18.9 Å². The van der Waals surface area contributed by atoms with Gasteiger partial charge in [-0.3, -0.25) is 9.67 Å². The Bertz CT molecular complexity index is 1240. The van der Waals surface area contributed by atoms with Gasteiger partial charge >= 0.3 is 0 Å². The van der Waals surface area contributed by atoms with E-state index in [4.69, 9.17) is 17.3 Å². The van der Waals surface area contributed by atoms with Gasteiger partial charge in [0.05, 0.1) is 17.9 Å². The molecule has 4 heterocycles. The summed E-state index contributed by atoms with van der Waals surface area (Å²) in [6, 6.07) is 6.96. The second kappa shape index (κ2) is 11.3. The molecule has 0 bridgehead atoms. The van der Waals surface area contributed by atoms with Crippen LogP contribution >= 0.6 is 48.8 Å². The molecule has 3 aromatic heterocycles. The minimum atomic E-state index is -0.362. The van der Waals surface area contributed by atoms with E-state index < -0.39 is 0 Å². The maximum Gasteiger partial charge on any atom is 0.132 e. The molecule has 3 N–H and O–H groups in total. The molecule has 1 aliphatic heterocycles. The predicted octanol–water partition coefficient (Wildman–Crippen LogP) is 5.72. The summed E-state index contributed by atoms with van der Waals surface area (Å²) in [5.74, 6) is -0.0116. The standard InChI is InChI=1S/C22H20ClFN6.3ClH/c23-19-1-2-20(24)18-11-27-21(8-16(18)19)17-7-13(9-28-22(17)25)14-10-29-30(12-14)15-3-5-26-6-4-15;;;/h1-2,7-12,15,26H,3-6H2,(H2,25,28);3*1H. The van der Waals surface area contributed by atoms with Gasteiger partial charge in [0.2, 0.25) is 0 Å². The lowest BCUT2D eigenvalue weighted by molar-refractivity contribution is 0.343. The monoisotopic (exact) mass is 530 g/mol. The number of hydrogen-bond donors (Lipinski definition) is 2. The Morgan fingerprint density at radius 3 is 2.48 bits per heavy atom. The Morgan fingerprint density at radius 2 is 1.73 bits per heavy atom. The van der Waals surface area contributed by atoms with Gasteiger partial charge in [-0.1, -0.05) is 11.6 Å². The van der Waals surface area contributed by atoms with Crippen LogP contribution in [-0.4, -0.2) is 32.8 Å². The number of hydrogen-bond acceptors (Lipinski definition) is 5. The Hall–Kier alpha value is -2.16. The minimum Gasteiger partial charge on any atom is -0.383 e. The van der Waals surface area contributed by atoms with Gasteiger partial charge in [-0.15, -0.1) is 37.2 Å². The van der Waals surface area contributed by atoms with Crippen LogP contribution in [0.5, 0.6) is 0 Å². The van der Waals surface area contributed by atoms with Gasteiger partial charge in [0.15, 0.2) is 0 Å². The van der Waals surface area contributed by atoms with Crippen molar-refractivity contribution in [1.29, 1.82) is 0 Å².